The Balaban J connectivity index is 1.70. The molecule has 0 unspecified atom stereocenters. The predicted octanol–water partition coefficient (Wildman–Crippen LogP) is 3.76. The summed E-state index contributed by atoms with van der Waals surface area (Å²) in [6.07, 6.45) is 7.29. The standard InChI is InChI=1S/C21H31N3O2S/c1-21(2,3)23-20(26)24-13-11-17(12-14-24)15-22-19(25)10-7-16-5-8-18(27-4)9-6-16/h5-10,17H,11-15H2,1-4H3,(H,22,25)(H,23,26). The summed E-state index contributed by atoms with van der Waals surface area (Å²) in [6.45, 7) is 8.08. The molecule has 27 heavy (non-hydrogen) atoms. The topological polar surface area (TPSA) is 61.4 Å². The molecule has 148 valence electrons. The number of carbonyl (C=O) groups is 2. The number of thioether (sulfide) groups is 1. The van der Waals surface area contributed by atoms with Gasteiger partial charge in [-0.2, -0.15) is 0 Å². The van der Waals surface area contributed by atoms with Crippen LogP contribution in [0.3, 0.4) is 0 Å². The molecule has 0 aromatic heterocycles. The van der Waals surface area contributed by atoms with Crippen LogP contribution in [-0.4, -0.2) is 48.3 Å². The molecule has 0 bridgehead atoms. The maximum absolute atomic E-state index is 12.2. The van der Waals surface area contributed by atoms with Crippen LogP contribution in [-0.2, 0) is 4.79 Å². The average molecular weight is 390 g/mol. The highest BCUT2D eigenvalue weighted by Gasteiger charge is 2.25. The molecule has 1 aromatic rings. The number of likely N-dealkylation sites (tertiary alicyclic amines) is 1. The van der Waals surface area contributed by atoms with Gasteiger partial charge in [-0.1, -0.05) is 12.1 Å². The number of hydrogen-bond acceptors (Lipinski definition) is 3. The van der Waals surface area contributed by atoms with Crippen LogP contribution in [0.5, 0.6) is 0 Å². The van der Waals surface area contributed by atoms with E-state index in [1.807, 2.05) is 62.3 Å². The third-order valence-electron chi connectivity index (χ3n) is 4.49. The zero-order valence-electron chi connectivity index (χ0n) is 16.7. The van der Waals surface area contributed by atoms with Crippen molar-refractivity contribution in [3.05, 3.63) is 35.9 Å². The first-order valence-electron chi connectivity index (χ1n) is 9.44. The highest BCUT2D eigenvalue weighted by molar-refractivity contribution is 7.98. The van der Waals surface area contributed by atoms with Crippen LogP contribution < -0.4 is 10.6 Å². The zero-order chi connectivity index (χ0) is 19.9. The van der Waals surface area contributed by atoms with Gasteiger partial charge in [-0.25, -0.2) is 4.79 Å². The van der Waals surface area contributed by atoms with E-state index in [0.717, 1.165) is 31.5 Å². The number of nitrogens with zero attached hydrogens (tertiary/aromatic N) is 1. The minimum atomic E-state index is -0.218. The molecule has 0 radical (unpaired) electrons. The maximum atomic E-state index is 12.2. The first-order chi connectivity index (χ1) is 12.8. The maximum Gasteiger partial charge on any atom is 0.317 e. The van der Waals surface area contributed by atoms with Gasteiger partial charge >= 0.3 is 6.03 Å². The fourth-order valence-corrected chi connectivity index (χ4v) is 3.34. The molecule has 0 saturated carbocycles. The van der Waals surface area contributed by atoms with Crippen LogP contribution in [0.15, 0.2) is 35.2 Å². The molecule has 5 nitrogen and oxygen atoms in total. The van der Waals surface area contributed by atoms with E-state index in [1.165, 1.54) is 4.90 Å². The van der Waals surface area contributed by atoms with E-state index < -0.39 is 0 Å². The van der Waals surface area contributed by atoms with Crippen LogP contribution in [0.25, 0.3) is 6.08 Å². The lowest BCUT2D eigenvalue weighted by Gasteiger charge is -2.34. The minimum absolute atomic E-state index is 0.000380. The molecule has 1 heterocycles. The Hall–Kier alpha value is -1.95. The molecule has 1 aliphatic heterocycles. The highest BCUT2D eigenvalue weighted by atomic mass is 32.2. The predicted molar refractivity (Wildman–Crippen MR) is 113 cm³/mol. The summed E-state index contributed by atoms with van der Waals surface area (Å²) in [6, 6.07) is 8.11. The van der Waals surface area contributed by atoms with E-state index in [0.29, 0.717) is 12.5 Å². The Morgan fingerprint density at radius 1 is 1.19 bits per heavy atom. The van der Waals surface area contributed by atoms with Crippen molar-refractivity contribution in [3.8, 4) is 0 Å². The van der Waals surface area contributed by atoms with Crippen LogP contribution in [0.1, 0.15) is 39.2 Å². The first kappa shape index (κ1) is 21.4. The molecule has 2 N–H and O–H groups in total. The fraction of sp³-hybridized carbons (Fsp3) is 0.524. The smallest absolute Gasteiger partial charge is 0.317 e. The summed E-state index contributed by atoms with van der Waals surface area (Å²) in [5, 5.41) is 5.98. The van der Waals surface area contributed by atoms with E-state index in [-0.39, 0.29) is 17.5 Å². The highest BCUT2D eigenvalue weighted by Crippen LogP contribution is 2.17. The molecule has 1 aliphatic rings. The van der Waals surface area contributed by atoms with E-state index in [4.69, 9.17) is 0 Å². The Morgan fingerprint density at radius 3 is 2.37 bits per heavy atom. The van der Waals surface area contributed by atoms with Crippen molar-refractivity contribution in [3.63, 3.8) is 0 Å². The van der Waals surface area contributed by atoms with Gasteiger partial charge < -0.3 is 15.5 Å². The summed E-state index contributed by atoms with van der Waals surface area (Å²) in [5.41, 5.74) is 0.797. The number of carbonyl (C=O) groups excluding carboxylic acids is 2. The molecule has 1 aromatic carbocycles. The summed E-state index contributed by atoms with van der Waals surface area (Å²) in [5.74, 6) is 0.346. The zero-order valence-corrected chi connectivity index (χ0v) is 17.6. The third kappa shape index (κ3) is 7.67. The van der Waals surface area contributed by atoms with Crippen LogP contribution in [0, 0.1) is 5.92 Å². The van der Waals surface area contributed by atoms with Gasteiger partial charge in [0.05, 0.1) is 0 Å². The van der Waals surface area contributed by atoms with Gasteiger partial charge in [0.25, 0.3) is 0 Å². The first-order valence-corrected chi connectivity index (χ1v) is 10.7. The summed E-state index contributed by atoms with van der Waals surface area (Å²) < 4.78 is 0. The lowest BCUT2D eigenvalue weighted by atomic mass is 9.97. The number of nitrogens with one attached hydrogen (secondary N) is 2. The summed E-state index contributed by atoms with van der Waals surface area (Å²) in [7, 11) is 0. The Bertz CT molecular complexity index is 657. The van der Waals surface area contributed by atoms with Gasteiger partial charge in [0.15, 0.2) is 0 Å². The van der Waals surface area contributed by atoms with Crippen molar-refractivity contribution in [2.75, 3.05) is 25.9 Å². The quantitative estimate of drug-likeness (QED) is 0.595. The second-order valence-corrected chi connectivity index (χ2v) is 8.84. The number of amides is 3. The van der Waals surface area contributed by atoms with Gasteiger partial charge in [-0.05, 0) is 69.6 Å². The molecule has 2 rings (SSSR count). The molecule has 0 aliphatic carbocycles. The van der Waals surface area contributed by atoms with E-state index in [9.17, 15) is 9.59 Å². The Labute approximate surface area is 167 Å². The van der Waals surface area contributed by atoms with E-state index in [1.54, 1.807) is 17.8 Å². The molecule has 1 fully saturated rings. The number of rotatable bonds is 5. The number of benzene rings is 1. The van der Waals surface area contributed by atoms with Crippen LogP contribution in [0.4, 0.5) is 4.79 Å². The second-order valence-electron chi connectivity index (χ2n) is 7.96. The van der Waals surface area contributed by atoms with Crippen molar-refractivity contribution >= 4 is 29.8 Å². The molecule has 0 spiro atoms. The lowest BCUT2D eigenvalue weighted by molar-refractivity contribution is -0.116. The number of hydrogen-bond donors (Lipinski definition) is 2. The summed E-state index contributed by atoms with van der Waals surface area (Å²) >= 11 is 1.70. The van der Waals surface area contributed by atoms with Gasteiger partial charge in [0.2, 0.25) is 5.91 Å². The fourth-order valence-electron chi connectivity index (χ4n) is 2.93. The van der Waals surface area contributed by atoms with Crippen molar-refractivity contribution in [1.82, 2.24) is 15.5 Å². The lowest BCUT2D eigenvalue weighted by Crippen LogP contribution is -2.51. The molecule has 0 atom stereocenters. The SMILES string of the molecule is CSc1ccc(C=CC(=O)NCC2CCN(C(=O)NC(C)(C)C)CC2)cc1. The summed E-state index contributed by atoms with van der Waals surface area (Å²) in [4.78, 5) is 27.3. The van der Waals surface area contributed by atoms with Gasteiger partial charge in [0.1, 0.15) is 0 Å². The number of piperidine rings is 1. The minimum Gasteiger partial charge on any atom is -0.352 e. The van der Waals surface area contributed by atoms with Gasteiger partial charge in [0, 0.05) is 36.1 Å². The van der Waals surface area contributed by atoms with Crippen molar-refractivity contribution in [1.29, 1.82) is 0 Å². The third-order valence-corrected chi connectivity index (χ3v) is 5.24. The molecule has 1 saturated heterocycles. The average Bonchev–Trinajstić information content (AvgIpc) is 2.64. The largest absolute Gasteiger partial charge is 0.352 e. The molecular weight excluding hydrogens is 358 g/mol. The van der Waals surface area contributed by atoms with Crippen LogP contribution in [0.2, 0.25) is 0 Å². The molecule has 3 amide bonds. The number of urea groups is 1. The molecular formula is C21H31N3O2S. The van der Waals surface area contributed by atoms with Crippen molar-refractivity contribution in [2.24, 2.45) is 5.92 Å². The second kappa shape index (κ2) is 9.83. The van der Waals surface area contributed by atoms with Gasteiger partial charge in [-0.15, -0.1) is 11.8 Å². The van der Waals surface area contributed by atoms with E-state index in [2.05, 4.69) is 10.6 Å². The van der Waals surface area contributed by atoms with Gasteiger partial charge in [-0.3, -0.25) is 4.79 Å². The van der Waals surface area contributed by atoms with Crippen molar-refractivity contribution < 1.29 is 9.59 Å². The monoisotopic (exact) mass is 389 g/mol. The van der Waals surface area contributed by atoms with E-state index >= 15 is 0 Å². The normalized spacial score (nSPS) is 15.8. The Kier molecular flexibility index (Phi) is 7.78. The Morgan fingerprint density at radius 2 is 1.81 bits per heavy atom. The van der Waals surface area contributed by atoms with Crippen LogP contribution >= 0.6 is 11.8 Å². The molecule has 6 heteroatoms. The van der Waals surface area contributed by atoms with Crippen molar-refractivity contribution in [2.45, 2.75) is 44.0 Å².